The first-order valence-corrected chi connectivity index (χ1v) is 11.8. The Hall–Kier alpha value is -4.34. The molecule has 0 fully saturated rings. The van der Waals surface area contributed by atoms with Gasteiger partial charge in [0.15, 0.2) is 11.6 Å². The minimum absolute atomic E-state index is 0.174. The molecule has 5 aromatic carbocycles. The molecule has 3 nitrogen and oxygen atoms in total. The molecule has 0 amide bonds. The zero-order valence-electron chi connectivity index (χ0n) is 18.8. The highest BCUT2D eigenvalue weighted by atomic mass is 35.5. The van der Waals surface area contributed by atoms with Crippen molar-refractivity contribution in [2.45, 2.75) is 0 Å². The van der Waals surface area contributed by atoms with Crippen molar-refractivity contribution >= 4 is 22.4 Å². The zero-order chi connectivity index (χ0) is 23.6. The fourth-order valence-corrected chi connectivity index (χ4v) is 4.59. The average molecular weight is 470 g/mol. The lowest BCUT2D eigenvalue weighted by molar-refractivity contribution is 1.07. The van der Waals surface area contributed by atoms with Crippen LogP contribution in [-0.4, -0.2) is 15.0 Å². The molecular weight excluding hydrogens is 450 g/mol. The molecule has 1 aromatic heterocycles. The number of rotatable bonds is 4. The molecule has 0 radical (unpaired) electrons. The lowest BCUT2D eigenvalue weighted by Crippen LogP contribution is -1.98. The Labute approximate surface area is 208 Å². The van der Waals surface area contributed by atoms with Gasteiger partial charge >= 0.3 is 0 Å². The van der Waals surface area contributed by atoms with Gasteiger partial charge in [0.2, 0.25) is 5.28 Å². The lowest BCUT2D eigenvalue weighted by atomic mass is 9.90. The summed E-state index contributed by atoms with van der Waals surface area (Å²) in [5, 5.41) is 2.60. The van der Waals surface area contributed by atoms with Crippen molar-refractivity contribution in [2.24, 2.45) is 0 Å². The first-order chi connectivity index (χ1) is 17.3. The highest BCUT2D eigenvalue weighted by Gasteiger charge is 2.15. The Morgan fingerprint density at radius 2 is 1.06 bits per heavy atom. The molecule has 0 atom stereocenters. The Morgan fingerprint density at radius 1 is 0.429 bits per heavy atom. The first kappa shape index (κ1) is 21.2. The van der Waals surface area contributed by atoms with Crippen molar-refractivity contribution < 1.29 is 0 Å². The normalized spacial score (nSPS) is 11.0. The molecule has 4 heteroatoms. The number of fused-ring (bicyclic) bond motifs is 1. The smallest absolute Gasteiger partial charge is 0.208 e. The number of hydrogen-bond donors (Lipinski definition) is 0. The summed E-state index contributed by atoms with van der Waals surface area (Å²) < 4.78 is 0. The van der Waals surface area contributed by atoms with Gasteiger partial charge in [0, 0.05) is 11.1 Å². The highest BCUT2D eigenvalue weighted by molar-refractivity contribution is 6.28. The van der Waals surface area contributed by atoms with E-state index in [1.807, 2.05) is 36.4 Å². The standard InChI is InChI=1S/C31H20ClN3/c32-31-34-29(23-13-5-2-6-14-23)33-30(35-31)24-18-19-27(28(20-24)22-10-3-1-4-11-22)26-17-9-15-21-12-7-8-16-25(21)26/h1-20H. The van der Waals surface area contributed by atoms with Crippen molar-refractivity contribution in [3.63, 3.8) is 0 Å². The van der Waals surface area contributed by atoms with E-state index < -0.39 is 0 Å². The summed E-state index contributed by atoms with van der Waals surface area (Å²) in [6.07, 6.45) is 0. The average Bonchev–Trinajstić information content (AvgIpc) is 2.93. The molecule has 0 saturated carbocycles. The fraction of sp³-hybridized carbons (Fsp3) is 0. The summed E-state index contributed by atoms with van der Waals surface area (Å²) in [6.45, 7) is 0. The number of halogens is 1. The van der Waals surface area contributed by atoms with Crippen LogP contribution in [0, 0.1) is 0 Å². The van der Waals surface area contributed by atoms with Crippen LogP contribution in [-0.2, 0) is 0 Å². The maximum absolute atomic E-state index is 6.34. The summed E-state index contributed by atoms with van der Waals surface area (Å²) in [5.74, 6) is 1.10. The van der Waals surface area contributed by atoms with Gasteiger partial charge in [-0.2, -0.15) is 9.97 Å². The van der Waals surface area contributed by atoms with Gasteiger partial charge < -0.3 is 0 Å². The maximum Gasteiger partial charge on any atom is 0.226 e. The van der Waals surface area contributed by atoms with E-state index in [2.05, 4.69) is 94.9 Å². The molecule has 1 heterocycles. The van der Waals surface area contributed by atoms with Crippen LogP contribution in [0.2, 0.25) is 5.28 Å². The second-order valence-corrected chi connectivity index (χ2v) is 8.61. The fourth-order valence-electron chi connectivity index (χ4n) is 4.43. The van der Waals surface area contributed by atoms with Gasteiger partial charge in [0.25, 0.3) is 0 Å². The molecule has 0 spiro atoms. The van der Waals surface area contributed by atoms with Gasteiger partial charge in [-0.15, -0.1) is 0 Å². The second-order valence-electron chi connectivity index (χ2n) is 8.27. The molecule has 35 heavy (non-hydrogen) atoms. The van der Waals surface area contributed by atoms with E-state index in [1.165, 1.54) is 16.3 Å². The van der Waals surface area contributed by atoms with E-state index in [0.29, 0.717) is 11.6 Å². The molecule has 0 unspecified atom stereocenters. The minimum Gasteiger partial charge on any atom is -0.208 e. The quantitative estimate of drug-likeness (QED) is 0.260. The second kappa shape index (κ2) is 9.13. The van der Waals surface area contributed by atoms with E-state index in [4.69, 9.17) is 16.6 Å². The molecule has 0 N–H and O–H groups in total. The summed E-state index contributed by atoms with van der Waals surface area (Å²) in [4.78, 5) is 13.6. The molecule has 0 aliphatic heterocycles. The van der Waals surface area contributed by atoms with Gasteiger partial charge in [-0.05, 0) is 50.7 Å². The zero-order valence-corrected chi connectivity index (χ0v) is 19.5. The van der Waals surface area contributed by atoms with Crippen LogP contribution in [0.1, 0.15) is 0 Å². The van der Waals surface area contributed by atoms with Crippen molar-refractivity contribution in [2.75, 3.05) is 0 Å². The number of hydrogen-bond acceptors (Lipinski definition) is 3. The van der Waals surface area contributed by atoms with Crippen molar-refractivity contribution in [1.82, 2.24) is 15.0 Å². The van der Waals surface area contributed by atoms with Crippen LogP contribution < -0.4 is 0 Å². The summed E-state index contributed by atoms with van der Waals surface area (Å²) in [5.41, 5.74) is 6.35. The molecule has 0 bridgehead atoms. The Balaban J connectivity index is 1.56. The number of nitrogens with zero attached hydrogens (tertiary/aromatic N) is 3. The summed E-state index contributed by atoms with van der Waals surface area (Å²) in [7, 11) is 0. The molecule has 0 aliphatic carbocycles. The Bertz CT molecular complexity index is 1640. The molecule has 6 rings (SSSR count). The molecule has 6 aromatic rings. The Kier molecular flexibility index (Phi) is 5.53. The van der Waals surface area contributed by atoms with E-state index in [0.717, 1.165) is 27.8 Å². The van der Waals surface area contributed by atoms with Gasteiger partial charge in [0.1, 0.15) is 0 Å². The van der Waals surface area contributed by atoms with E-state index in [-0.39, 0.29) is 5.28 Å². The van der Waals surface area contributed by atoms with Crippen molar-refractivity contribution in [3.05, 3.63) is 127 Å². The van der Waals surface area contributed by atoms with Crippen LogP contribution in [0.5, 0.6) is 0 Å². The Morgan fingerprint density at radius 3 is 1.83 bits per heavy atom. The van der Waals surface area contributed by atoms with Gasteiger partial charge in [-0.25, -0.2) is 4.98 Å². The van der Waals surface area contributed by atoms with Crippen LogP contribution in [0.4, 0.5) is 0 Å². The minimum atomic E-state index is 0.174. The van der Waals surface area contributed by atoms with Gasteiger partial charge in [-0.3, -0.25) is 0 Å². The van der Waals surface area contributed by atoms with Crippen molar-refractivity contribution in [1.29, 1.82) is 0 Å². The third kappa shape index (κ3) is 4.18. The largest absolute Gasteiger partial charge is 0.226 e. The number of aromatic nitrogens is 3. The van der Waals surface area contributed by atoms with Crippen LogP contribution in [0.25, 0.3) is 55.8 Å². The van der Waals surface area contributed by atoms with Gasteiger partial charge in [0.05, 0.1) is 0 Å². The lowest BCUT2D eigenvalue weighted by Gasteiger charge is -2.15. The molecular formula is C31H20ClN3. The first-order valence-electron chi connectivity index (χ1n) is 11.4. The third-order valence-electron chi connectivity index (χ3n) is 6.08. The molecule has 166 valence electrons. The SMILES string of the molecule is Clc1nc(-c2ccccc2)nc(-c2ccc(-c3cccc4ccccc34)c(-c3ccccc3)c2)n1. The third-order valence-corrected chi connectivity index (χ3v) is 6.25. The predicted molar refractivity (Wildman–Crippen MR) is 144 cm³/mol. The maximum atomic E-state index is 6.34. The monoisotopic (exact) mass is 469 g/mol. The van der Waals surface area contributed by atoms with E-state index in [9.17, 15) is 0 Å². The van der Waals surface area contributed by atoms with Crippen LogP contribution >= 0.6 is 11.6 Å². The molecule has 0 aliphatic rings. The highest BCUT2D eigenvalue weighted by Crippen LogP contribution is 2.38. The van der Waals surface area contributed by atoms with E-state index in [1.54, 1.807) is 0 Å². The summed E-state index contributed by atoms with van der Waals surface area (Å²) >= 11 is 6.34. The van der Waals surface area contributed by atoms with Crippen LogP contribution in [0.3, 0.4) is 0 Å². The summed E-state index contributed by atoms with van der Waals surface area (Å²) in [6, 6.07) is 41.5. The van der Waals surface area contributed by atoms with E-state index >= 15 is 0 Å². The molecule has 0 saturated heterocycles. The van der Waals surface area contributed by atoms with Crippen LogP contribution in [0.15, 0.2) is 121 Å². The topological polar surface area (TPSA) is 38.7 Å². The van der Waals surface area contributed by atoms with Crippen molar-refractivity contribution in [3.8, 4) is 45.0 Å². The predicted octanol–water partition coefficient (Wildman–Crippen LogP) is 8.35. The number of benzene rings is 5. The van der Waals surface area contributed by atoms with Gasteiger partial charge in [-0.1, -0.05) is 115 Å².